The Labute approximate surface area is 143 Å². The number of hydrogen-bond donors (Lipinski definition) is 0. The molecule has 1 unspecified atom stereocenters. The van der Waals surface area contributed by atoms with E-state index in [4.69, 9.17) is 4.74 Å². The highest BCUT2D eigenvalue weighted by molar-refractivity contribution is 5.28. The van der Waals surface area contributed by atoms with Crippen LogP contribution in [-0.4, -0.2) is 21.6 Å². The van der Waals surface area contributed by atoms with Crippen molar-refractivity contribution in [3.8, 4) is 5.75 Å². The molecule has 4 heteroatoms. The van der Waals surface area contributed by atoms with Gasteiger partial charge < -0.3 is 4.74 Å². The molecule has 0 aliphatic carbocycles. The fraction of sp³-hybridized carbons (Fsp3) is 0.300. The summed E-state index contributed by atoms with van der Waals surface area (Å²) in [4.78, 5) is 0. The van der Waals surface area contributed by atoms with Gasteiger partial charge in [-0.05, 0) is 36.6 Å². The molecule has 124 valence electrons. The van der Waals surface area contributed by atoms with Gasteiger partial charge in [-0.15, -0.1) is 5.10 Å². The molecule has 0 radical (unpaired) electrons. The molecule has 0 amide bonds. The van der Waals surface area contributed by atoms with Crippen molar-refractivity contribution in [3.05, 3.63) is 77.6 Å². The van der Waals surface area contributed by atoms with Crippen molar-refractivity contribution in [1.29, 1.82) is 0 Å². The predicted octanol–water partition coefficient (Wildman–Crippen LogP) is 4.07. The van der Waals surface area contributed by atoms with Gasteiger partial charge in [0.05, 0.1) is 18.8 Å². The topological polar surface area (TPSA) is 39.9 Å². The van der Waals surface area contributed by atoms with Crippen LogP contribution in [0.25, 0.3) is 0 Å². The Balaban J connectivity index is 1.62. The first-order valence-corrected chi connectivity index (χ1v) is 8.40. The molecule has 2 aromatic carbocycles. The first-order chi connectivity index (χ1) is 11.7. The highest BCUT2D eigenvalue weighted by atomic mass is 16.5. The summed E-state index contributed by atoms with van der Waals surface area (Å²) in [5.74, 6) is 1.25. The van der Waals surface area contributed by atoms with E-state index >= 15 is 0 Å². The molecule has 0 fully saturated rings. The second-order valence-corrected chi connectivity index (χ2v) is 6.01. The van der Waals surface area contributed by atoms with Crippen LogP contribution >= 0.6 is 0 Å². The van der Waals surface area contributed by atoms with Crippen molar-refractivity contribution in [1.82, 2.24) is 15.0 Å². The molecular weight excluding hydrogens is 298 g/mol. The number of hydrogen-bond acceptors (Lipinski definition) is 3. The van der Waals surface area contributed by atoms with Crippen LogP contribution in [0.5, 0.6) is 5.75 Å². The lowest BCUT2D eigenvalue weighted by atomic mass is 9.98. The Bertz CT molecular complexity index is 750. The SMILES string of the molecule is CCOc1ccc(CC(C)c2cn(Cc3ccccc3)nn2)cc1. The Morgan fingerprint density at radius 1 is 1.00 bits per heavy atom. The van der Waals surface area contributed by atoms with Gasteiger partial charge in [-0.3, -0.25) is 0 Å². The van der Waals surface area contributed by atoms with Crippen LogP contribution in [0.1, 0.15) is 36.6 Å². The Hall–Kier alpha value is -2.62. The lowest BCUT2D eigenvalue weighted by molar-refractivity contribution is 0.340. The van der Waals surface area contributed by atoms with E-state index in [2.05, 4.69) is 41.5 Å². The number of aromatic nitrogens is 3. The van der Waals surface area contributed by atoms with Gasteiger partial charge in [0.15, 0.2) is 0 Å². The normalized spacial score (nSPS) is 12.1. The van der Waals surface area contributed by atoms with Crippen molar-refractivity contribution in [3.63, 3.8) is 0 Å². The fourth-order valence-corrected chi connectivity index (χ4v) is 2.73. The van der Waals surface area contributed by atoms with Crippen LogP contribution in [0, 0.1) is 0 Å². The highest BCUT2D eigenvalue weighted by Crippen LogP contribution is 2.20. The first-order valence-electron chi connectivity index (χ1n) is 8.40. The van der Waals surface area contributed by atoms with Crippen LogP contribution in [0.3, 0.4) is 0 Å². The average Bonchev–Trinajstić information content (AvgIpc) is 3.06. The summed E-state index contributed by atoms with van der Waals surface area (Å²) in [5, 5.41) is 8.60. The van der Waals surface area contributed by atoms with Crippen molar-refractivity contribution in [2.45, 2.75) is 32.7 Å². The van der Waals surface area contributed by atoms with Gasteiger partial charge in [-0.1, -0.05) is 54.6 Å². The zero-order valence-electron chi connectivity index (χ0n) is 14.2. The zero-order valence-corrected chi connectivity index (χ0v) is 14.2. The lowest BCUT2D eigenvalue weighted by Gasteiger charge is -2.09. The standard InChI is InChI=1S/C20H23N3O/c1-3-24-19-11-9-17(10-12-19)13-16(2)20-15-23(22-21-20)14-18-7-5-4-6-8-18/h4-12,15-16H,3,13-14H2,1-2H3. The van der Waals surface area contributed by atoms with Gasteiger partial charge in [-0.25, -0.2) is 4.68 Å². The highest BCUT2D eigenvalue weighted by Gasteiger charge is 2.11. The molecule has 24 heavy (non-hydrogen) atoms. The molecule has 3 aromatic rings. The third-order valence-electron chi connectivity index (χ3n) is 4.02. The van der Waals surface area contributed by atoms with Gasteiger partial charge in [0, 0.05) is 12.1 Å². The Morgan fingerprint density at radius 2 is 1.75 bits per heavy atom. The van der Waals surface area contributed by atoms with Gasteiger partial charge in [0.1, 0.15) is 5.75 Å². The minimum atomic E-state index is 0.326. The van der Waals surface area contributed by atoms with E-state index in [1.807, 2.05) is 48.1 Å². The molecule has 0 saturated heterocycles. The maximum atomic E-state index is 5.48. The minimum Gasteiger partial charge on any atom is -0.494 e. The average molecular weight is 321 g/mol. The molecule has 0 N–H and O–H groups in total. The van der Waals surface area contributed by atoms with E-state index in [9.17, 15) is 0 Å². The summed E-state index contributed by atoms with van der Waals surface area (Å²) < 4.78 is 7.39. The summed E-state index contributed by atoms with van der Waals surface area (Å²) in [7, 11) is 0. The zero-order chi connectivity index (χ0) is 16.8. The molecule has 1 heterocycles. The molecule has 0 aliphatic rings. The molecule has 1 atom stereocenters. The first kappa shape index (κ1) is 16.2. The molecule has 1 aromatic heterocycles. The van der Waals surface area contributed by atoms with Crippen LogP contribution in [0.15, 0.2) is 60.8 Å². The fourth-order valence-electron chi connectivity index (χ4n) is 2.73. The maximum absolute atomic E-state index is 5.48. The van der Waals surface area contributed by atoms with Gasteiger partial charge in [-0.2, -0.15) is 0 Å². The van der Waals surface area contributed by atoms with Crippen molar-refractivity contribution >= 4 is 0 Å². The van der Waals surface area contributed by atoms with E-state index in [0.717, 1.165) is 24.4 Å². The van der Waals surface area contributed by atoms with Gasteiger partial charge in [0.2, 0.25) is 0 Å². The third-order valence-corrected chi connectivity index (χ3v) is 4.02. The molecule has 3 rings (SSSR count). The second-order valence-electron chi connectivity index (χ2n) is 6.01. The summed E-state index contributed by atoms with van der Waals surface area (Å²) in [6, 6.07) is 18.6. The molecule has 0 bridgehead atoms. The lowest BCUT2D eigenvalue weighted by Crippen LogP contribution is -2.00. The molecule has 4 nitrogen and oxygen atoms in total. The minimum absolute atomic E-state index is 0.326. The quantitative estimate of drug-likeness (QED) is 0.658. The van der Waals surface area contributed by atoms with Crippen molar-refractivity contribution < 1.29 is 4.74 Å². The monoisotopic (exact) mass is 321 g/mol. The second kappa shape index (κ2) is 7.77. The van der Waals surface area contributed by atoms with E-state index < -0.39 is 0 Å². The summed E-state index contributed by atoms with van der Waals surface area (Å²) >= 11 is 0. The van der Waals surface area contributed by atoms with Gasteiger partial charge in [0.25, 0.3) is 0 Å². The molecule has 0 saturated carbocycles. The number of nitrogens with zero attached hydrogens (tertiary/aromatic N) is 3. The third kappa shape index (κ3) is 4.22. The van der Waals surface area contributed by atoms with E-state index in [0.29, 0.717) is 12.5 Å². The molecule has 0 aliphatic heterocycles. The van der Waals surface area contributed by atoms with Crippen molar-refractivity contribution in [2.75, 3.05) is 6.61 Å². The van der Waals surface area contributed by atoms with Crippen LogP contribution in [0.4, 0.5) is 0 Å². The Morgan fingerprint density at radius 3 is 2.46 bits per heavy atom. The van der Waals surface area contributed by atoms with Crippen molar-refractivity contribution in [2.24, 2.45) is 0 Å². The number of benzene rings is 2. The summed E-state index contributed by atoms with van der Waals surface area (Å²) in [6.45, 7) is 5.63. The maximum Gasteiger partial charge on any atom is 0.119 e. The molecular formula is C20H23N3O. The van der Waals surface area contributed by atoms with Crippen LogP contribution in [0.2, 0.25) is 0 Å². The van der Waals surface area contributed by atoms with Gasteiger partial charge >= 0.3 is 0 Å². The Kier molecular flexibility index (Phi) is 5.26. The van der Waals surface area contributed by atoms with E-state index in [1.54, 1.807) is 0 Å². The molecule has 0 spiro atoms. The summed E-state index contributed by atoms with van der Waals surface area (Å²) in [5.41, 5.74) is 3.54. The smallest absolute Gasteiger partial charge is 0.119 e. The largest absolute Gasteiger partial charge is 0.494 e. The predicted molar refractivity (Wildman–Crippen MR) is 95.3 cm³/mol. The number of ether oxygens (including phenoxy) is 1. The summed E-state index contributed by atoms with van der Waals surface area (Å²) in [6.07, 6.45) is 2.99. The number of rotatable bonds is 7. The van der Waals surface area contributed by atoms with Crippen LogP contribution in [-0.2, 0) is 13.0 Å². The van der Waals surface area contributed by atoms with Crippen LogP contribution < -0.4 is 4.74 Å². The van der Waals surface area contributed by atoms with E-state index in [-0.39, 0.29) is 0 Å². The van der Waals surface area contributed by atoms with E-state index in [1.165, 1.54) is 11.1 Å².